The van der Waals surface area contributed by atoms with Gasteiger partial charge in [0.2, 0.25) is 5.91 Å². The van der Waals surface area contributed by atoms with E-state index in [-0.39, 0.29) is 45.0 Å². The summed E-state index contributed by atoms with van der Waals surface area (Å²) in [6.07, 6.45) is -0.00347. The third-order valence-corrected chi connectivity index (χ3v) is 5.74. The van der Waals surface area contributed by atoms with Gasteiger partial charge in [-0.1, -0.05) is 19.0 Å². The van der Waals surface area contributed by atoms with Crippen molar-refractivity contribution < 1.29 is 46.5 Å². The minimum absolute atomic E-state index is 0.0651. The number of amides is 2. The smallest absolute Gasteiger partial charge is 0.407 e. The Bertz CT molecular complexity index is 834. The molecule has 38 heavy (non-hydrogen) atoms. The van der Waals surface area contributed by atoms with Crippen LogP contribution in [0, 0.1) is 5.41 Å². The molecule has 0 bridgehead atoms. The fraction of sp³-hybridized carbons (Fsp3) is 0.864. The molecule has 0 aliphatic carbocycles. The summed E-state index contributed by atoms with van der Waals surface area (Å²) in [5, 5.41) is 8.44. The lowest BCUT2D eigenvalue weighted by Crippen LogP contribution is -2.47. The molecular weight excluding hydrogens is 526 g/mol. The van der Waals surface area contributed by atoms with Gasteiger partial charge in [0.15, 0.2) is 9.84 Å². The third-order valence-electron chi connectivity index (χ3n) is 4.84. The van der Waals surface area contributed by atoms with E-state index in [2.05, 4.69) is 20.7 Å². The molecule has 0 radical (unpaired) electrons. The molecule has 2 N–H and O–H groups in total. The standard InChI is InChI=1S/C22H41N5O10S/c1-22(2,19(17-38(3,31)32)37-21(30)24-6-4-8-28)18-25-20(29)5-9-33-11-13-35-15-16-36-14-12-34-10-7-26-27-23/h8,19H,4-7,9-18H2,1-3H3,(H,24,30)(H,25,29). The maximum absolute atomic E-state index is 12.2. The third kappa shape index (κ3) is 21.6. The van der Waals surface area contributed by atoms with Crippen molar-refractivity contribution in [3.8, 4) is 0 Å². The van der Waals surface area contributed by atoms with Gasteiger partial charge in [0.1, 0.15) is 12.4 Å². The highest BCUT2D eigenvalue weighted by Gasteiger charge is 2.35. The number of carbonyl (C=O) groups excluding carboxylic acids is 3. The van der Waals surface area contributed by atoms with Crippen molar-refractivity contribution in [1.82, 2.24) is 10.6 Å². The fourth-order valence-corrected chi connectivity index (χ4v) is 3.77. The lowest BCUT2D eigenvalue weighted by molar-refractivity contribution is -0.123. The van der Waals surface area contributed by atoms with Crippen LogP contribution in [0.5, 0.6) is 0 Å². The zero-order valence-electron chi connectivity index (χ0n) is 22.4. The van der Waals surface area contributed by atoms with E-state index in [1.165, 1.54) is 0 Å². The van der Waals surface area contributed by atoms with Gasteiger partial charge in [-0.25, -0.2) is 13.2 Å². The zero-order valence-corrected chi connectivity index (χ0v) is 23.2. The van der Waals surface area contributed by atoms with E-state index in [9.17, 15) is 22.8 Å². The van der Waals surface area contributed by atoms with Crippen LogP contribution in [-0.2, 0) is 43.1 Å². The molecule has 0 aliphatic heterocycles. The van der Waals surface area contributed by atoms with Crippen LogP contribution in [0.2, 0.25) is 0 Å². The second-order valence-corrected chi connectivity index (χ2v) is 11.0. The van der Waals surface area contributed by atoms with Crippen molar-refractivity contribution >= 4 is 28.1 Å². The summed E-state index contributed by atoms with van der Waals surface area (Å²) < 4.78 is 50.2. The summed E-state index contributed by atoms with van der Waals surface area (Å²) in [7, 11) is -3.49. The first-order valence-corrected chi connectivity index (χ1v) is 14.2. The number of rotatable bonds is 24. The Labute approximate surface area is 223 Å². The Balaban J connectivity index is 4.08. The SMILES string of the molecule is CC(C)(CNC(=O)CCOCCOCCOCCOCCN=[N+]=[N-])C(CS(C)(=O)=O)OC(=O)NCCC=O. The van der Waals surface area contributed by atoms with Gasteiger partial charge in [-0.05, 0) is 5.53 Å². The highest BCUT2D eigenvalue weighted by Crippen LogP contribution is 2.24. The normalized spacial score (nSPS) is 12.3. The maximum Gasteiger partial charge on any atom is 0.407 e. The molecule has 0 aliphatic rings. The molecule has 2 amide bonds. The largest absolute Gasteiger partial charge is 0.445 e. The monoisotopic (exact) mass is 567 g/mol. The second kappa shape index (κ2) is 21.4. The van der Waals surface area contributed by atoms with Gasteiger partial charge in [0, 0.05) is 49.1 Å². The van der Waals surface area contributed by atoms with Crippen molar-refractivity contribution in [2.75, 3.05) is 84.5 Å². The maximum atomic E-state index is 12.2. The van der Waals surface area contributed by atoms with Gasteiger partial charge in [0.05, 0.1) is 58.6 Å². The Morgan fingerprint density at radius 2 is 1.53 bits per heavy atom. The minimum atomic E-state index is -3.49. The van der Waals surface area contributed by atoms with Crippen LogP contribution in [0.1, 0.15) is 26.7 Å². The van der Waals surface area contributed by atoms with Crippen LogP contribution in [0.15, 0.2) is 5.11 Å². The summed E-state index contributed by atoms with van der Waals surface area (Å²) >= 11 is 0. The van der Waals surface area contributed by atoms with E-state index >= 15 is 0 Å². The first-order valence-electron chi connectivity index (χ1n) is 12.2. The number of hydrogen-bond donors (Lipinski definition) is 2. The fourth-order valence-electron chi connectivity index (χ4n) is 2.70. The lowest BCUT2D eigenvalue weighted by Gasteiger charge is -2.33. The number of hydrogen-bond acceptors (Lipinski definition) is 11. The van der Waals surface area contributed by atoms with E-state index in [0.717, 1.165) is 6.26 Å². The second-order valence-electron chi connectivity index (χ2n) is 8.79. The summed E-state index contributed by atoms with van der Waals surface area (Å²) in [5.74, 6) is -0.722. The van der Waals surface area contributed by atoms with Gasteiger partial charge in [0.25, 0.3) is 0 Å². The van der Waals surface area contributed by atoms with E-state index in [1.807, 2.05) is 0 Å². The first-order chi connectivity index (χ1) is 18.0. The van der Waals surface area contributed by atoms with Crippen LogP contribution in [0.25, 0.3) is 10.4 Å². The molecule has 0 fully saturated rings. The first kappa shape index (κ1) is 35.5. The average molecular weight is 568 g/mol. The van der Waals surface area contributed by atoms with Gasteiger partial charge >= 0.3 is 6.09 Å². The molecule has 0 saturated carbocycles. The Kier molecular flexibility index (Phi) is 20.0. The lowest BCUT2D eigenvalue weighted by atomic mass is 9.87. The molecule has 16 heteroatoms. The van der Waals surface area contributed by atoms with Crippen LogP contribution < -0.4 is 10.6 Å². The number of nitrogens with zero attached hydrogens (tertiary/aromatic N) is 3. The van der Waals surface area contributed by atoms with Crippen molar-refractivity contribution in [2.24, 2.45) is 10.5 Å². The Morgan fingerprint density at radius 1 is 0.974 bits per heavy atom. The van der Waals surface area contributed by atoms with E-state index < -0.39 is 33.2 Å². The van der Waals surface area contributed by atoms with Crippen molar-refractivity contribution in [2.45, 2.75) is 32.8 Å². The van der Waals surface area contributed by atoms with Crippen molar-refractivity contribution in [1.29, 1.82) is 0 Å². The molecule has 0 aromatic carbocycles. The van der Waals surface area contributed by atoms with Gasteiger partial charge in [-0.15, -0.1) is 0 Å². The summed E-state index contributed by atoms with van der Waals surface area (Å²) in [4.78, 5) is 37.2. The number of azide groups is 1. The average Bonchev–Trinajstić information content (AvgIpc) is 2.84. The number of nitrogens with one attached hydrogen (secondary N) is 2. The van der Waals surface area contributed by atoms with Crippen LogP contribution in [-0.4, -0.2) is 117 Å². The predicted molar refractivity (Wildman–Crippen MR) is 137 cm³/mol. The van der Waals surface area contributed by atoms with Crippen molar-refractivity contribution in [3.63, 3.8) is 0 Å². The highest BCUT2D eigenvalue weighted by atomic mass is 32.2. The summed E-state index contributed by atoms with van der Waals surface area (Å²) in [6.45, 7) is 6.49. The van der Waals surface area contributed by atoms with Gasteiger partial charge in [-0.2, -0.15) is 0 Å². The molecular formula is C22H41N5O10S. The quantitative estimate of drug-likeness (QED) is 0.0547. The number of alkyl carbamates (subject to hydrolysis) is 1. The van der Waals surface area contributed by atoms with Crippen molar-refractivity contribution in [3.05, 3.63) is 10.4 Å². The number of sulfone groups is 1. The predicted octanol–water partition coefficient (Wildman–Crippen LogP) is 0.624. The van der Waals surface area contributed by atoms with E-state index in [1.54, 1.807) is 13.8 Å². The molecule has 0 heterocycles. The topological polar surface area (TPSA) is 204 Å². The van der Waals surface area contributed by atoms with Crippen LogP contribution in [0.4, 0.5) is 4.79 Å². The Morgan fingerprint density at radius 3 is 2.05 bits per heavy atom. The molecule has 0 saturated heterocycles. The number of ether oxygens (including phenoxy) is 5. The molecule has 15 nitrogen and oxygen atoms in total. The highest BCUT2D eigenvalue weighted by molar-refractivity contribution is 7.90. The molecule has 1 unspecified atom stereocenters. The Hall–Kier alpha value is -2.49. The van der Waals surface area contributed by atoms with E-state index in [4.69, 9.17) is 29.2 Å². The molecule has 0 aromatic rings. The summed E-state index contributed by atoms with van der Waals surface area (Å²) in [6, 6.07) is 0. The number of carbonyl (C=O) groups is 3. The van der Waals surface area contributed by atoms with Gasteiger partial charge < -0.3 is 39.1 Å². The summed E-state index contributed by atoms with van der Waals surface area (Å²) in [5.41, 5.74) is 7.23. The van der Waals surface area contributed by atoms with E-state index in [0.29, 0.717) is 52.5 Å². The molecule has 0 rings (SSSR count). The van der Waals surface area contributed by atoms with Gasteiger partial charge in [-0.3, -0.25) is 4.79 Å². The number of aldehydes is 1. The van der Waals surface area contributed by atoms with Crippen LogP contribution in [0.3, 0.4) is 0 Å². The van der Waals surface area contributed by atoms with Crippen LogP contribution >= 0.6 is 0 Å². The molecule has 0 spiro atoms. The molecule has 220 valence electrons. The molecule has 1 atom stereocenters. The minimum Gasteiger partial charge on any atom is -0.445 e. The zero-order chi connectivity index (χ0) is 28.7. The molecule has 0 aromatic heterocycles.